The molecular weight excluding hydrogens is 294 g/mol. The number of ether oxygens (including phenoxy) is 3. The monoisotopic (exact) mass is 307 g/mol. The normalized spacial score (nSPS) is 17.1. The van der Waals surface area contributed by atoms with Crippen molar-refractivity contribution >= 4 is 17.6 Å². The molecule has 1 aromatic rings. The van der Waals surface area contributed by atoms with Crippen LogP contribution in [0.5, 0.6) is 5.75 Å². The number of esters is 1. The molecule has 0 saturated carbocycles. The molecule has 0 saturated heterocycles. The third kappa shape index (κ3) is 3.47. The Bertz CT molecular complexity index is 633. The number of carbonyl (C=O) groups excluding carboxylic acids is 1. The minimum absolute atomic E-state index is 0.253. The highest BCUT2D eigenvalue weighted by atomic mass is 35.5. The van der Waals surface area contributed by atoms with Crippen molar-refractivity contribution in [3.63, 3.8) is 0 Å². The molecule has 21 heavy (non-hydrogen) atoms. The van der Waals surface area contributed by atoms with E-state index in [0.717, 1.165) is 0 Å². The molecule has 1 atom stereocenters. The predicted molar refractivity (Wildman–Crippen MR) is 75.9 cm³/mol. The molecule has 0 aliphatic carbocycles. The Kier molecular flexibility index (Phi) is 4.71. The van der Waals surface area contributed by atoms with E-state index in [1.807, 2.05) is 6.07 Å². The van der Waals surface area contributed by atoms with Crippen molar-refractivity contribution in [2.45, 2.75) is 19.4 Å². The first-order valence-electron chi connectivity index (χ1n) is 6.32. The molecule has 1 aliphatic heterocycles. The topological polar surface area (TPSA) is 68.6 Å². The van der Waals surface area contributed by atoms with Gasteiger partial charge in [-0.3, -0.25) is 0 Å². The first-order valence-corrected chi connectivity index (χ1v) is 6.70. The van der Waals surface area contributed by atoms with E-state index in [1.165, 1.54) is 13.2 Å². The first-order chi connectivity index (χ1) is 10.0. The van der Waals surface area contributed by atoms with E-state index < -0.39 is 0 Å². The molecule has 6 heteroatoms. The molecule has 2 rings (SSSR count). The quantitative estimate of drug-likeness (QED) is 0.800. The van der Waals surface area contributed by atoms with Gasteiger partial charge in [0, 0.05) is 6.42 Å². The van der Waals surface area contributed by atoms with Crippen LogP contribution in [0, 0.1) is 11.3 Å². The summed E-state index contributed by atoms with van der Waals surface area (Å²) in [5.74, 6) is 0.649. The van der Waals surface area contributed by atoms with Gasteiger partial charge in [0.25, 0.3) is 0 Å². The van der Waals surface area contributed by atoms with Crippen LogP contribution < -0.4 is 4.74 Å². The zero-order valence-electron chi connectivity index (χ0n) is 11.7. The molecule has 1 aliphatic rings. The Labute approximate surface area is 127 Å². The number of hydrogen-bond acceptors (Lipinski definition) is 5. The fraction of sp³-hybridized carbons (Fsp3) is 0.333. The summed E-state index contributed by atoms with van der Waals surface area (Å²) >= 11 is 6.02. The minimum Gasteiger partial charge on any atom is -0.491 e. The van der Waals surface area contributed by atoms with E-state index in [0.29, 0.717) is 34.1 Å². The molecule has 1 heterocycles. The van der Waals surface area contributed by atoms with E-state index in [-0.39, 0.29) is 18.7 Å². The molecule has 0 amide bonds. The Morgan fingerprint density at radius 3 is 2.95 bits per heavy atom. The van der Waals surface area contributed by atoms with Crippen molar-refractivity contribution in [3.8, 4) is 11.8 Å². The fourth-order valence-electron chi connectivity index (χ4n) is 2.05. The maximum atomic E-state index is 11.5. The molecule has 0 aromatic heterocycles. The number of hydrogen-bond donors (Lipinski definition) is 0. The van der Waals surface area contributed by atoms with Crippen LogP contribution >= 0.6 is 11.6 Å². The van der Waals surface area contributed by atoms with Gasteiger partial charge in [0.2, 0.25) is 0 Å². The summed E-state index contributed by atoms with van der Waals surface area (Å²) in [7, 11) is 1.34. The number of halogens is 1. The standard InChI is InChI=1S/C15H14ClNO4/c1-9-12(15(18)19-2)6-11(21-9)8-20-14-4-3-10(7-17)5-13(14)16/h3-5,11H,6,8H2,1-2H3. The average molecular weight is 308 g/mol. The second kappa shape index (κ2) is 6.51. The van der Waals surface area contributed by atoms with Crippen molar-refractivity contribution in [1.82, 2.24) is 0 Å². The highest BCUT2D eigenvalue weighted by Gasteiger charge is 2.29. The van der Waals surface area contributed by atoms with Gasteiger partial charge in [-0.15, -0.1) is 0 Å². The lowest BCUT2D eigenvalue weighted by Gasteiger charge is -2.14. The van der Waals surface area contributed by atoms with Gasteiger partial charge in [-0.2, -0.15) is 5.26 Å². The van der Waals surface area contributed by atoms with Crippen LogP contribution in [-0.4, -0.2) is 25.8 Å². The van der Waals surface area contributed by atoms with Gasteiger partial charge in [-0.05, 0) is 25.1 Å². The van der Waals surface area contributed by atoms with Crippen LogP contribution in [0.4, 0.5) is 0 Å². The van der Waals surface area contributed by atoms with E-state index in [9.17, 15) is 4.79 Å². The number of nitriles is 1. The number of carbonyl (C=O) groups is 1. The third-order valence-corrected chi connectivity index (χ3v) is 3.41. The summed E-state index contributed by atoms with van der Waals surface area (Å²) in [6, 6.07) is 6.80. The zero-order valence-corrected chi connectivity index (χ0v) is 12.4. The average Bonchev–Trinajstić information content (AvgIpc) is 2.86. The Balaban J connectivity index is 1.94. The second-order valence-corrected chi connectivity index (χ2v) is 4.95. The summed E-state index contributed by atoms with van der Waals surface area (Å²) in [6.07, 6.45) is 0.178. The van der Waals surface area contributed by atoms with Crippen LogP contribution in [0.25, 0.3) is 0 Å². The lowest BCUT2D eigenvalue weighted by atomic mass is 10.1. The summed E-state index contributed by atoms with van der Waals surface area (Å²) < 4.78 is 15.8. The Hall–Kier alpha value is -2.19. The number of allylic oxidation sites excluding steroid dienone is 1. The molecule has 5 nitrogen and oxygen atoms in total. The van der Waals surface area contributed by atoms with E-state index in [4.69, 9.17) is 31.1 Å². The van der Waals surface area contributed by atoms with Crippen LogP contribution in [0.2, 0.25) is 5.02 Å². The Morgan fingerprint density at radius 2 is 2.33 bits per heavy atom. The van der Waals surface area contributed by atoms with Crippen molar-refractivity contribution in [1.29, 1.82) is 5.26 Å². The highest BCUT2D eigenvalue weighted by Crippen LogP contribution is 2.29. The van der Waals surface area contributed by atoms with Gasteiger partial charge in [0.15, 0.2) is 0 Å². The summed E-state index contributed by atoms with van der Waals surface area (Å²) in [6.45, 7) is 1.98. The molecule has 0 bridgehead atoms. The molecule has 0 radical (unpaired) electrons. The SMILES string of the molecule is COC(=O)C1=C(C)OC(COc2ccc(C#N)cc2Cl)C1. The fourth-order valence-corrected chi connectivity index (χ4v) is 2.28. The molecule has 1 unspecified atom stereocenters. The van der Waals surface area contributed by atoms with Gasteiger partial charge in [-0.1, -0.05) is 11.6 Å². The molecule has 110 valence electrons. The van der Waals surface area contributed by atoms with E-state index in [2.05, 4.69) is 0 Å². The summed E-state index contributed by atoms with van der Waals surface area (Å²) in [5.41, 5.74) is 0.993. The second-order valence-electron chi connectivity index (χ2n) is 4.54. The summed E-state index contributed by atoms with van der Waals surface area (Å²) in [4.78, 5) is 11.5. The van der Waals surface area contributed by atoms with Gasteiger partial charge in [-0.25, -0.2) is 4.79 Å². The Morgan fingerprint density at radius 1 is 1.57 bits per heavy atom. The van der Waals surface area contributed by atoms with Crippen molar-refractivity contribution in [2.24, 2.45) is 0 Å². The van der Waals surface area contributed by atoms with Crippen LogP contribution in [0.15, 0.2) is 29.5 Å². The van der Waals surface area contributed by atoms with Gasteiger partial charge >= 0.3 is 5.97 Å². The van der Waals surface area contributed by atoms with Crippen molar-refractivity contribution in [3.05, 3.63) is 40.1 Å². The van der Waals surface area contributed by atoms with E-state index in [1.54, 1.807) is 19.1 Å². The van der Waals surface area contributed by atoms with Crippen LogP contribution in [0.1, 0.15) is 18.9 Å². The first kappa shape index (κ1) is 15.2. The molecular formula is C15H14ClNO4. The highest BCUT2D eigenvalue weighted by molar-refractivity contribution is 6.32. The van der Waals surface area contributed by atoms with Gasteiger partial charge in [0.1, 0.15) is 24.2 Å². The maximum absolute atomic E-state index is 11.5. The number of nitrogens with zero attached hydrogens (tertiary/aromatic N) is 1. The number of rotatable bonds is 4. The maximum Gasteiger partial charge on any atom is 0.337 e. The zero-order chi connectivity index (χ0) is 15.4. The van der Waals surface area contributed by atoms with Gasteiger partial charge in [0.05, 0.1) is 29.3 Å². The number of benzene rings is 1. The number of methoxy groups -OCH3 is 1. The smallest absolute Gasteiger partial charge is 0.337 e. The van der Waals surface area contributed by atoms with E-state index >= 15 is 0 Å². The van der Waals surface area contributed by atoms with Crippen molar-refractivity contribution in [2.75, 3.05) is 13.7 Å². The predicted octanol–water partition coefficient (Wildman–Crippen LogP) is 2.83. The summed E-state index contributed by atoms with van der Waals surface area (Å²) in [5, 5.41) is 9.14. The lowest BCUT2D eigenvalue weighted by Crippen LogP contribution is -2.18. The molecule has 0 spiro atoms. The minimum atomic E-state index is -0.383. The van der Waals surface area contributed by atoms with Crippen LogP contribution in [0.3, 0.4) is 0 Å². The lowest BCUT2D eigenvalue weighted by molar-refractivity contribution is -0.136. The molecule has 1 aromatic carbocycles. The molecule has 0 fully saturated rings. The molecule has 0 N–H and O–H groups in total. The third-order valence-electron chi connectivity index (χ3n) is 3.12. The largest absolute Gasteiger partial charge is 0.491 e. The van der Waals surface area contributed by atoms with Crippen molar-refractivity contribution < 1.29 is 19.0 Å². The van der Waals surface area contributed by atoms with Gasteiger partial charge < -0.3 is 14.2 Å². The van der Waals surface area contributed by atoms with Crippen LogP contribution in [-0.2, 0) is 14.3 Å².